The van der Waals surface area contributed by atoms with Crippen molar-refractivity contribution in [1.82, 2.24) is 0 Å². The molecule has 1 fully saturated rings. The Balaban J connectivity index is 2.30. The number of nitrogens with two attached hydrogens (primary N) is 1. The van der Waals surface area contributed by atoms with Gasteiger partial charge in [-0.1, -0.05) is 15.9 Å². The number of hydrogen-bond donors (Lipinski definition) is 1. The zero-order valence-corrected chi connectivity index (χ0v) is 10.1. The number of halogens is 1. The molecule has 0 unspecified atom stereocenters. The molecule has 1 heterocycles. The van der Waals surface area contributed by atoms with Crippen LogP contribution in [0.25, 0.3) is 0 Å². The Labute approximate surface area is 97.4 Å². The quantitative estimate of drug-likeness (QED) is 0.845. The molecule has 15 heavy (non-hydrogen) atoms. The van der Waals surface area contributed by atoms with Crippen molar-refractivity contribution in [2.75, 3.05) is 11.4 Å². The lowest BCUT2D eigenvalue weighted by Gasteiger charge is -2.16. The minimum absolute atomic E-state index is 0.0264. The molecule has 1 saturated heterocycles. The van der Waals surface area contributed by atoms with Crippen molar-refractivity contribution in [1.29, 1.82) is 0 Å². The molecule has 4 heteroatoms. The predicted molar refractivity (Wildman–Crippen MR) is 63.8 cm³/mol. The first kappa shape index (κ1) is 10.6. The number of nitrogens with zero attached hydrogens (tertiary/aromatic N) is 1. The summed E-state index contributed by atoms with van der Waals surface area (Å²) >= 11 is 3.44. The molecule has 1 aliphatic rings. The third-order valence-electron chi connectivity index (χ3n) is 2.61. The summed E-state index contributed by atoms with van der Waals surface area (Å²) in [5.74, 6) is 0.115. The van der Waals surface area contributed by atoms with Gasteiger partial charge in [-0.25, -0.2) is 0 Å². The monoisotopic (exact) mass is 268 g/mol. The SMILES string of the molecule is Cc1cc(N2C[C@@H](N)CC2=O)ccc1Br. The van der Waals surface area contributed by atoms with Gasteiger partial charge >= 0.3 is 0 Å². The molecule has 80 valence electrons. The van der Waals surface area contributed by atoms with Gasteiger partial charge in [0.1, 0.15) is 0 Å². The maximum atomic E-state index is 11.6. The first-order valence-corrected chi connectivity index (χ1v) is 5.69. The fourth-order valence-corrected chi connectivity index (χ4v) is 2.03. The number of carbonyl (C=O) groups is 1. The normalized spacial score (nSPS) is 21.1. The van der Waals surface area contributed by atoms with E-state index in [1.807, 2.05) is 25.1 Å². The Kier molecular flexibility index (Phi) is 2.80. The molecular weight excluding hydrogens is 256 g/mol. The van der Waals surface area contributed by atoms with Crippen LogP contribution < -0.4 is 10.6 Å². The van der Waals surface area contributed by atoms with Crippen LogP contribution in [0, 0.1) is 6.92 Å². The number of benzene rings is 1. The van der Waals surface area contributed by atoms with Gasteiger partial charge in [0, 0.05) is 29.2 Å². The summed E-state index contributed by atoms with van der Waals surface area (Å²) in [5, 5.41) is 0. The lowest BCUT2D eigenvalue weighted by atomic mass is 10.2. The van der Waals surface area contributed by atoms with Gasteiger partial charge in [0.05, 0.1) is 0 Å². The minimum Gasteiger partial charge on any atom is -0.326 e. The van der Waals surface area contributed by atoms with Crippen LogP contribution in [0.2, 0.25) is 0 Å². The van der Waals surface area contributed by atoms with Gasteiger partial charge in [0.15, 0.2) is 0 Å². The molecule has 0 bridgehead atoms. The number of amides is 1. The van der Waals surface area contributed by atoms with Crippen LogP contribution in [0.1, 0.15) is 12.0 Å². The summed E-state index contributed by atoms with van der Waals surface area (Å²) in [6.07, 6.45) is 0.453. The summed E-state index contributed by atoms with van der Waals surface area (Å²) < 4.78 is 1.06. The average molecular weight is 269 g/mol. The minimum atomic E-state index is -0.0264. The van der Waals surface area contributed by atoms with Crippen molar-refractivity contribution in [3.8, 4) is 0 Å². The third kappa shape index (κ3) is 2.06. The Morgan fingerprint density at radius 3 is 2.80 bits per heavy atom. The third-order valence-corrected chi connectivity index (χ3v) is 3.50. The Hall–Kier alpha value is -0.870. The van der Waals surface area contributed by atoms with E-state index in [2.05, 4.69) is 15.9 Å². The lowest BCUT2D eigenvalue weighted by molar-refractivity contribution is -0.117. The van der Waals surface area contributed by atoms with Gasteiger partial charge in [0.2, 0.25) is 5.91 Å². The molecule has 0 spiro atoms. The molecule has 1 aliphatic heterocycles. The van der Waals surface area contributed by atoms with Gasteiger partial charge < -0.3 is 10.6 Å². The molecule has 1 atom stereocenters. The number of carbonyl (C=O) groups excluding carboxylic acids is 1. The van der Waals surface area contributed by atoms with Crippen LogP contribution in [0.15, 0.2) is 22.7 Å². The van der Waals surface area contributed by atoms with Crippen LogP contribution in [0.5, 0.6) is 0 Å². The van der Waals surface area contributed by atoms with Gasteiger partial charge in [-0.3, -0.25) is 4.79 Å². The highest BCUT2D eigenvalue weighted by atomic mass is 79.9. The number of hydrogen-bond acceptors (Lipinski definition) is 2. The van der Waals surface area contributed by atoms with E-state index >= 15 is 0 Å². The van der Waals surface area contributed by atoms with E-state index in [1.54, 1.807) is 4.90 Å². The van der Waals surface area contributed by atoms with Crippen molar-refractivity contribution >= 4 is 27.5 Å². The first-order valence-electron chi connectivity index (χ1n) is 4.90. The summed E-state index contributed by atoms with van der Waals surface area (Å²) in [5.41, 5.74) is 7.81. The zero-order chi connectivity index (χ0) is 11.0. The largest absolute Gasteiger partial charge is 0.326 e. The zero-order valence-electron chi connectivity index (χ0n) is 8.53. The van der Waals surface area contributed by atoms with Gasteiger partial charge in [0.25, 0.3) is 0 Å². The highest BCUT2D eigenvalue weighted by Crippen LogP contribution is 2.25. The van der Waals surface area contributed by atoms with Crippen LogP contribution in [-0.2, 0) is 4.79 Å². The van der Waals surface area contributed by atoms with Crippen molar-refractivity contribution in [2.24, 2.45) is 5.73 Å². The van der Waals surface area contributed by atoms with E-state index in [0.717, 1.165) is 15.7 Å². The number of rotatable bonds is 1. The summed E-state index contributed by atoms with van der Waals surface area (Å²) in [6.45, 7) is 2.63. The van der Waals surface area contributed by atoms with E-state index in [0.29, 0.717) is 13.0 Å². The van der Waals surface area contributed by atoms with Gasteiger partial charge in [-0.05, 0) is 30.7 Å². The van der Waals surface area contributed by atoms with Crippen molar-refractivity contribution in [3.05, 3.63) is 28.2 Å². The lowest BCUT2D eigenvalue weighted by Crippen LogP contribution is -2.27. The fraction of sp³-hybridized carbons (Fsp3) is 0.364. The van der Waals surface area contributed by atoms with Crippen molar-refractivity contribution in [2.45, 2.75) is 19.4 Å². The van der Waals surface area contributed by atoms with E-state index in [1.165, 1.54) is 0 Å². The van der Waals surface area contributed by atoms with Crippen LogP contribution in [0.3, 0.4) is 0 Å². The van der Waals surface area contributed by atoms with E-state index in [-0.39, 0.29) is 11.9 Å². The molecular formula is C11H13BrN2O. The molecule has 2 rings (SSSR count). The van der Waals surface area contributed by atoms with Gasteiger partial charge in [-0.15, -0.1) is 0 Å². The van der Waals surface area contributed by atoms with Crippen molar-refractivity contribution < 1.29 is 4.79 Å². The van der Waals surface area contributed by atoms with E-state index < -0.39 is 0 Å². The highest BCUT2D eigenvalue weighted by molar-refractivity contribution is 9.10. The predicted octanol–water partition coefficient (Wildman–Crippen LogP) is 1.82. The molecule has 0 aromatic heterocycles. The fourth-order valence-electron chi connectivity index (χ4n) is 1.78. The molecule has 1 amide bonds. The van der Waals surface area contributed by atoms with E-state index in [4.69, 9.17) is 5.73 Å². The van der Waals surface area contributed by atoms with Crippen LogP contribution in [0.4, 0.5) is 5.69 Å². The van der Waals surface area contributed by atoms with E-state index in [9.17, 15) is 4.79 Å². The standard InChI is InChI=1S/C11H13BrN2O/c1-7-4-9(2-3-10(7)12)14-6-8(13)5-11(14)15/h2-4,8H,5-6,13H2,1H3/t8-/m0/s1. The van der Waals surface area contributed by atoms with Crippen molar-refractivity contribution in [3.63, 3.8) is 0 Å². The van der Waals surface area contributed by atoms with Crippen LogP contribution >= 0.6 is 15.9 Å². The Morgan fingerprint density at radius 2 is 2.27 bits per heavy atom. The smallest absolute Gasteiger partial charge is 0.228 e. The second-order valence-electron chi connectivity index (χ2n) is 3.90. The summed E-state index contributed by atoms with van der Waals surface area (Å²) in [6, 6.07) is 5.87. The second-order valence-corrected chi connectivity index (χ2v) is 4.76. The molecule has 0 saturated carbocycles. The Morgan fingerprint density at radius 1 is 1.53 bits per heavy atom. The first-order chi connectivity index (χ1) is 7.08. The highest BCUT2D eigenvalue weighted by Gasteiger charge is 2.27. The topological polar surface area (TPSA) is 46.3 Å². The number of anilines is 1. The average Bonchev–Trinajstić information content (AvgIpc) is 2.50. The molecule has 3 nitrogen and oxygen atoms in total. The molecule has 0 radical (unpaired) electrons. The number of aryl methyl sites for hydroxylation is 1. The Bertz CT molecular complexity index is 406. The molecule has 1 aromatic rings. The molecule has 2 N–H and O–H groups in total. The summed E-state index contributed by atoms with van der Waals surface area (Å²) in [7, 11) is 0. The summed E-state index contributed by atoms with van der Waals surface area (Å²) in [4.78, 5) is 13.4. The maximum Gasteiger partial charge on any atom is 0.228 e. The molecule has 0 aliphatic carbocycles. The van der Waals surface area contributed by atoms with Gasteiger partial charge in [-0.2, -0.15) is 0 Å². The maximum absolute atomic E-state index is 11.6. The van der Waals surface area contributed by atoms with Crippen LogP contribution in [-0.4, -0.2) is 18.5 Å². The second kappa shape index (κ2) is 3.94. The molecule has 1 aromatic carbocycles.